The van der Waals surface area contributed by atoms with Gasteiger partial charge in [-0.05, 0) is 30.7 Å². The first-order valence-electron chi connectivity index (χ1n) is 9.17. The monoisotopic (exact) mass is 440 g/mol. The standard InChI is InChI=1S/C19H14F4N2O4.C2H6/c1-10-7-11(20)12(8-15(10)29-14-6-4-3-5-13(14)26)25-17(27)9-16(19(21,22)23)24(2)18(25)28;1-2/h3-9,26H,1-2H3;1-2H3. The Morgan fingerprint density at radius 1 is 1.00 bits per heavy atom. The molecule has 0 radical (unpaired) electrons. The fourth-order valence-corrected chi connectivity index (χ4v) is 2.70. The lowest BCUT2D eigenvalue weighted by Gasteiger charge is -2.16. The minimum absolute atomic E-state index is 0.00301. The zero-order chi connectivity index (χ0) is 23.5. The van der Waals surface area contributed by atoms with Crippen molar-refractivity contribution < 1.29 is 27.4 Å². The second-order valence-electron chi connectivity index (χ2n) is 6.18. The van der Waals surface area contributed by atoms with Crippen LogP contribution in [0.1, 0.15) is 25.1 Å². The SMILES string of the molecule is CC.Cc1cc(F)c(-n2c(=O)cc(C(F)(F)F)n(C)c2=O)cc1Oc1ccccc1O. The van der Waals surface area contributed by atoms with Crippen LogP contribution in [-0.2, 0) is 13.2 Å². The number of phenolic OH excluding ortho intramolecular Hbond substituents is 1. The molecule has 2 aromatic carbocycles. The van der Waals surface area contributed by atoms with Crippen molar-refractivity contribution in [1.29, 1.82) is 0 Å². The average Bonchev–Trinajstić information content (AvgIpc) is 2.70. The van der Waals surface area contributed by atoms with E-state index in [1.165, 1.54) is 19.1 Å². The highest BCUT2D eigenvalue weighted by Crippen LogP contribution is 2.33. The predicted molar refractivity (Wildman–Crippen MR) is 107 cm³/mol. The zero-order valence-corrected chi connectivity index (χ0v) is 17.1. The summed E-state index contributed by atoms with van der Waals surface area (Å²) in [6.07, 6.45) is -4.93. The van der Waals surface area contributed by atoms with Crippen LogP contribution in [0.5, 0.6) is 17.2 Å². The molecule has 0 saturated carbocycles. The van der Waals surface area contributed by atoms with E-state index in [0.717, 1.165) is 19.2 Å². The number of ether oxygens (including phenoxy) is 1. The maximum absolute atomic E-state index is 14.5. The number of benzene rings is 2. The third kappa shape index (κ3) is 4.79. The summed E-state index contributed by atoms with van der Waals surface area (Å²) < 4.78 is 59.5. The van der Waals surface area contributed by atoms with E-state index in [1.54, 1.807) is 12.1 Å². The second-order valence-corrected chi connectivity index (χ2v) is 6.18. The second kappa shape index (κ2) is 9.07. The van der Waals surface area contributed by atoms with Gasteiger partial charge in [-0.2, -0.15) is 13.2 Å². The van der Waals surface area contributed by atoms with Gasteiger partial charge < -0.3 is 9.84 Å². The van der Waals surface area contributed by atoms with Crippen molar-refractivity contribution in [2.24, 2.45) is 7.05 Å². The molecular weight excluding hydrogens is 420 g/mol. The minimum atomic E-state index is -4.93. The molecule has 31 heavy (non-hydrogen) atoms. The van der Waals surface area contributed by atoms with Crippen molar-refractivity contribution in [1.82, 2.24) is 9.13 Å². The fourth-order valence-electron chi connectivity index (χ4n) is 2.70. The van der Waals surface area contributed by atoms with E-state index in [0.29, 0.717) is 0 Å². The minimum Gasteiger partial charge on any atom is -0.504 e. The number of nitrogens with zero attached hydrogens (tertiary/aromatic N) is 2. The molecular formula is C21H20F4N2O4. The van der Waals surface area contributed by atoms with Crippen molar-refractivity contribution in [3.63, 3.8) is 0 Å². The number of hydrogen-bond acceptors (Lipinski definition) is 4. The number of rotatable bonds is 3. The molecule has 0 unspecified atom stereocenters. The first-order valence-corrected chi connectivity index (χ1v) is 9.17. The normalized spacial score (nSPS) is 11.0. The van der Waals surface area contributed by atoms with Gasteiger partial charge in [0.15, 0.2) is 11.5 Å². The Morgan fingerprint density at radius 2 is 1.61 bits per heavy atom. The Balaban J connectivity index is 0.00000166. The van der Waals surface area contributed by atoms with Crippen LogP contribution in [0.15, 0.2) is 52.1 Å². The van der Waals surface area contributed by atoms with Crippen LogP contribution in [0.2, 0.25) is 0 Å². The number of alkyl halides is 3. The molecule has 0 amide bonds. The summed E-state index contributed by atoms with van der Waals surface area (Å²) >= 11 is 0. The molecule has 0 aliphatic rings. The highest BCUT2D eigenvalue weighted by atomic mass is 19.4. The van der Waals surface area contributed by atoms with Gasteiger partial charge in [-0.1, -0.05) is 26.0 Å². The van der Waals surface area contributed by atoms with Gasteiger partial charge in [0.2, 0.25) is 0 Å². The van der Waals surface area contributed by atoms with Gasteiger partial charge in [0, 0.05) is 19.2 Å². The molecule has 3 aromatic rings. The third-order valence-electron chi connectivity index (χ3n) is 4.18. The Bertz CT molecular complexity index is 1210. The average molecular weight is 440 g/mol. The summed E-state index contributed by atoms with van der Waals surface area (Å²) in [7, 11) is 0.826. The number of halogens is 4. The van der Waals surface area contributed by atoms with Crippen LogP contribution in [0.25, 0.3) is 5.69 Å². The Labute approximate surface area is 174 Å². The van der Waals surface area contributed by atoms with E-state index in [1.807, 2.05) is 13.8 Å². The number of phenols is 1. The lowest BCUT2D eigenvalue weighted by molar-refractivity contribution is -0.144. The predicted octanol–water partition coefficient (Wildman–Crippen LogP) is 4.53. The van der Waals surface area contributed by atoms with Gasteiger partial charge in [-0.25, -0.2) is 13.8 Å². The van der Waals surface area contributed by atoms with Crippen LogP contribution in [0.3, 0.4) is 0 Å². The van der Waals surface area contributed by atoms with Crippen LogP contribution in [0.4, 0.5) is 17.6 Å². The fraction of sp³-hybridized carbons (Fsp3) is 0.238. The third-order valence-corrected chi connectivity index (χ3v) is 4.18. The topological polar surface area (TPSA) is 73.5 Å². The molecule has 166 valence electrons. The molecule has 1 heterocycles. The largest absolute Gasteiger partial charge is 0.504 e. The highest BCUT2D eigenvalue weighted by molar-refractivity contribution is 5.49. The molecule has 0 aliphatic heterocycles. The van der Waals surface area contributed by atoms with Crippen LogP contribution in [-0.4, -0.2) is 14.2 Å². The molecule has 0 aliphatic carbocycles. The zero-order valence-electron chi connectivity index (χ0n) is 17.1. The summed E-state index contributed by atoms with van der Waals surface area (Å²) in [5.41, 5.74) is -4.49. The number of aryl methyl sites for hydroxylation is 1. The van der Waals surface area contributed by atoms with Gasteiger partial charge in [0.25, 0.3) is 5.56 Å². The summed E-state index contributed by atoms with van der Waals surface area (Å²) in [4.78, 5) is 24.6. The Morgan fingerprint density at radius 3 is 2.19 bits per heavy atom. The first kappa shape index (κ1) is 23.7. The van der Waals surface area contributed by atoms with Crippen LogP contribution >= 0.6 is 0 Å². The van der Waals surface area contributed by atoms with Crippen LogP contribution in [0, 0.1) is 12.7 Å². The van der Waals surface area contributed by atoms with Gasteiger partial charge in [-0.3, -0.25) is 9.36 Å². The maximum atomic E-state index is 14.5. The summed E-state index contributed by atoms with van der Waals surface area (Å²) in [6.45, 7) is 5.48. The van der Waals surface area contributed by atoms with Crippen molar-refractivity contribution in [2.75, 3.05) is 0 Å². The molecule has 3 rings (SSSR count). The summed E-state index contributed by atoms with van der Waals surface area (Å²) in [6, 6.07) is 8.10. The van der Waals surface area contributed by atoms with Crippen LogP contribution < -0.4 is 16.0 Å². The van der Waals surface area contributed by atoms with E-state index in [4.69, 9.17) is 4.74 Å². The number of hydrogen-bond donors (Lipinski definition) is 1. The molecule has 0 spiro atoms. The molecule has 0 fully saturated rings. The number of aromatic nitrogens is 2. The molecule has 6 nitrogen and oxygen atoms in total. The molecule has 1 N–H and O–H groups in total. The van der Waals surface area contributed by atoms with Gasteiger partial charge >= 0.3 is 11.9 Å². The Hall–Kier alpha value is -3.56. The quantitative estimate of drug-likeness (QED) is 0.608. The summed E-state index contributed by atoms with van der Waals surface area (Å²) in [5, 5.41) is 9.82. The Kier molecular flexibility index (Phi) is 6.94. The molecule has 0 bridgehead atoms. The van der Waals surface area contributed by atoms with E-state index in [2.05, 4.69) is 0 Å². The maximum Gasteiger partial charge on any atom is 0.431 e. The first-order chi connectivity index (χ1) is 14.5. The van der Waals surface area contributed by atoms with Gasteiger partial charge in [0.05, 0.1) is 5.69 Å². The molecule has 10 heteroatoms. The smallest absolute Gasteiger partial charge is 0.431 e. The molecule has 1 aromatic heterocycles. The molecule has 0 atom stereocenters. The van der Waals surface area contributed by atoms with Gasteiger partial charge in [0.1, 0.15) is 17.3 Å². The lowest BCUT2D eigenvalue weighted by atomic mass is 10.2. The summed E-state index contributed by atoms with van der Waals surface area (Å²) in [5.74, 6) is -1.19. The number of aromatic hydroxyl groups is 1. The van der Waals surface area contributed by atoms with E-state index in [9.17, 15) is 32.3 Å². The highest BCUT2D eigenvalue weighted by Gasteiger charge is 2.35. The van der Waals surface area contributed by atoms with E-state index < -0.39 is 34.6 Å². The van der Waals surface area contributed by atoms with Gasteiger partial charge in [-0.15, -0.1) is 0 Å². The lowest BCUT2D eigenvalue weighted by Crippen LogP contribution is -2.41. The molecule has 0 saturated heterocycles. The van der Waals surface area contributed by atoms with Crippen molar-refractivity contribution >= 4 is 0 Å². The number of para-hydroxylation sites is 2. The van der Waals surface area contributed by atoms with E-state index >= 15 is 0 Å². The van der Waals surface area contributed by atoms with Crippen molar-refractivity contribution in [2.45, 2.75) is 26.9 Å². The van der Waals surface area contributed by atoms with E-state index in [-0.39, 0.29) is 38.0 Å². The van der Waals surface area contributed by atoms with Crippen molar-refractivity contribution in [3.8, 4) is 22.9 Å². The van der Waals surface area contributed by atoms with Crippen molar-refractivity contribution in [3.05, 3.63) is 80.4 Å².